The maximum absolute atomic E-state index is 14.0. The van der Waals surface area contributed by atoms with E-state index in [1.807, 2.05) is 6.92 Å². The van der Waals surface area contributed by atoms with Crippen molar-refractivity contribution in [2.45, 2.75) is 213 Å². The van der Waals surface area contributed by atoms with Crippen molar-refractivity contribution >= 4 is 5.97 Å². The molecule has 306 valence electrons. The molecule has 11 saturated heterocycles. The second kappa shape index (κ2) is 14.7. The van der Waals surface area contributed by atoms with Gasteiger partial charge in [-0.25, -0.2) is 0 Å². The summed E-state index contributed by atoms with van der Waals surface area (Å²) in [6.45, 7) is 13.1. The Labute approximate surface area is 323 Å². The molecule has 1 spiro atoms. The molecule has 0 aromatic carbocycles. The number of hydrogen-bond donors (Lipinski definition) is 2. The average molecular weight is 773 g/mol. The molecule has 11 aliphatic rings. The molecule has 11 rings (SSSR count). The van der Waals surface area contributed by atoms with Crippen LogP contribution in [0.5, 0.6) is 0 Å². The summed E-state index contributed by atoms with van der Waals surface area (Å²) in [7, 11) is 0. The Hall–Kier alpha value is -1.49. The van der Waals surface area contributed by atoms with Gasteiger partial charge in [-0.15, -0.1) is 0 Å². The highest BCUT2D eigenvalue weighted by Gasteiger charge is 2.69. The van der Waals surface area contributed by atoms with Gasteiger partial charge in [0.1, 0.15) is 36.6 Å². The van der Waals surface area contributed by atoms with Crippen LogP contribution >= 0.6 is 0 Å². The lowest BCUT2D eigenvalue weighted by Gasteiger charge is -2.51. The van der Waals surface area contributed by atoms with Crippen LogP contribution in [0.3, 0.4) is 0 Å². The third-order valence-corrected chi connectivity index (χ3v) is 14.8. The minimum Gasteiger partial charge on any atom is -0.459 e. The van der Waals surface area contributed by atoms with Crippen LogP contribution in [0, 0.1) is 11.8 Å². The summed E-state index contributed by atoms with van der Waals surface area (Å²) in [4.78, 5) is 14.0. The van der Waals surface area contributed by atoms with E-state index >= 15 is 0 Å². The molecule has 0 amide bonds. The van der Waals surface area contributed by atoms with Crippen molar-refractivity contribution in [3.8, 4) is 0 Å². The molecule has 11 fully saturated rings. The van der Waals surface area contributed by atoms with E-state index in [1.165, 1.54) is 0 Å². The average Bonchev–Trinajstić information content (AvgIpc) is 3.74. The second-order valence-electron chi connectivity index (χ2n) is 18.5. The summed E-state index contributed by atoms with van der Waals surface area (Å²) in [5.74, 6) is -1.18. The van der Waals surface area contributed by atoms with E-state index in [-0.39, 0.29) is 98.0 Å². The first kappa shape index (κ1) is 37.8. The highest BCUT2D eigenvalue weighted by molar-refractivity contribution is 5.70. The predicted octanol–water partition coefficient (Wildman–Crippen LogP) is 3.59. The first-order valence-electron chi connectivity index (χ1n) is 21.3. The fourth-order valence-corrected chi connectivity index (χ4v) is 11.9. The lowest BCUT2D eigenvalue weighted by atomic mass is 9.79. The Morgan fingerprint density at radius 2 is 1.42 bits per heavy atom. The van der Waals surface area contributed by atoms with Crippen LogP contribution in [0.4, 0.5) is 0 Å². The number of esters is 1. The van der Waals surface area contributed by atoms with Gasteiger partial charge in [-0.05, 0) is 68.4 Å². The SMILES string of the molecule is C=C1C[C@@H]2CC[C@@]34C[C@H]5O[C@H]6C(O3)C3O[C@H](CC[C@@H]3O[C@H]6[C@H]5O4)CC(=O)OC3[C@H](CC4O[C@@H](CCC1O2)C[C@@H](C)C4=C)OC1C[C@@H](O)C(CCO)O[C@H]1[C@@H]3C. The van der Waals surface area contributed by atoms with Crippen LogP contribution in [0.1, 0.15) is 97.3 Å². The van der Waals surface area contributed by atoms with Crippen molar-refractivity contribution in [3.05, 3.63) is 24.3 Å². The summed E-state index contributed by atoms with van der Waals surface area (Å²) in [6, 6.07) is 0. The molecule has 13 heteroatoms. The monoisotopic (exact) mass is 772 g/mol. The van der Waals surface area contributed by atoms with Crippen LogP contribution < -0.4 is 0 Å². The summed E-state index contributed by atoms with van der Waals surface area (Å²) < 4.78 is 66.9. The van der Waals surface area contributed by atoms with Crippen LogP contribution in [-0.4, -0.2) is 138 Å². The van der Waals surface area contributed by atoms with E-state index in [0.29, 0.717) is 38.5 Å². The molecule has 0 aliphatic carbocycles. The lowest BCUT2D eigenvalue weighted by molar-refractivity contribution is -0.293. The molecule has 13 nitrogen and oxygen atoms in total. The smallest absolute Gasteiger partial charge is 0.308 e. The fraction of sp³-hybridized carbons (Fsp3) is 0.881. The highest BCUT2D eigenvalue weighted by atomic mass is 16.8. The van der Waals surface area contributed by atoms with Gasteiger partial charge in [0.2, 0.25) is 0 Å². The molecule has 0 radical (unpaired) electrons. The first-order chi connectivity index (χ1) is 26.5. The Morgan fingerprint density at radius 3 is 2.27 bits per heavy atom. The van der Waals surface area contributed by atoms with Crippen molar-refractivity contribution in [3.63, 3.8) is 0 Å². The van der Waals surface area contributed by atoms with Crippen molar-refractivity contribution in [1.82, 2.24) is 0 Å². The third kappa shape index (κ3) is 6.79. The number of carbonyl (C=O) groups is 1. The normalized spacial score (nSPS) is 54.9. The van der Waals surface area contributed by atoms with Gasteiger partial charge in [0.05, 0.1) is 79.7 Å². The molecule has 12 bridgehead atoms. The van der Waals surface area contributed by atoms with Crippen LogP contribution in [0.25, 0.3) is 0 Å². The highest BCUT2D eigenvalue weighted by Crippen LogP contribution is 2.54. The van der Waals surface area contributed by atoms with Gasteiger partial charge in [-0.3, -0.25) is 4.79 Å². The zero-order chi connectivity index (χ0) is 37.7. The van der Waals surface area contributed by atoms with Gasteiger partial charge < -0.3 is 57.6 Å². The van der Waals surface area contributed by atoms with Gasteiger partial charge in [0, 0.05) is 38.2 Å². The van der Waals surface area contributed by atoms with Gasteiger partial charge in [0.15, 0.2) is 5.79 Å². The van der Waals surface area contributed by atoms with Crippen molar-refractivity contribution in [2.24, 2.45) is 11.8 Å². The summed E-state index contributed by atoms with van der Waals surface area (Å²) in [6.07, 6.45) is 2.38. The molecule has 21 atom stereocenters. The van der Waals surface area contributed by atoms with Gasteiger partial charge in [-0.2, -0.15) is 0 Å². The quantitative estimate of drug-likeness (QED) is 0.312. The zero-order valence-corrected chi connectivity index (χ0v) is 32.2. The standard InChI is InChI=1S/C42H60O13/c1-19-13-23-5-7-27-20(2)14-25(46-27)9-11-42-18-33-38(54-42)39-40(52-33)41(55-42)37-29(51-39)8-6-24(48-37)15-34(45)53-36-22(4)35-31(16-26(44)28(50-35)10-12-43)49-32(36)17-30(47-23)21(19)3/h19,22-33,35-41,43-44H,2-3,5-18H2,1,4H3/t19-,22+,23+,24-,25+,26-,27?,28?,29+,30?,31?,32+,33-,35+,36?,37?,38+,39+,40-,41?,42+/m1/s1. The number of rotatable bonds is 2. The first-order valence-corrected chi connectivity index (χ1v) is 21.3. The minimum absolute atomic E-state index is 0.00281. The number of aliphatic hydroxyl groups excluding tert-OH is 2. The second-order valence-corrected chi connectivity index (χ2v) is 18.5. The molecule has 11 aliphatic heterocycles. The van der Waals surface area contributed by atoms with E-state index in [2.05, 4.69) is 20.1 Å². The van der Waals surface area contributed by atoms with Gasteiger partial charge in [-0.1, -0.05) is 27.0 Å². The maximum Gasteiger partial charge on any atom is 0.308 e. The molecule has 7 unspecified atom stereocenters. The van der Waals surface area contributed by atoms with E-state index in [4.69, 9.17) is 47.4 Å². The van der Waals surface area contributed by atoms with Crippen LogP contribution in [0.2, 0.25) is 0 Å². The van der Waals surface area contributed by atoms with Gasteiger partial charge >= 0.3 is 5.97 Å². The summed E-state index contributed by atoms with van der Waals surface area (Å²) in [5, 5.41) is 20.6. The summed E-state index contributed by atoms with van der Waals surface area (Å²) >= 11 is 0. The fourth-order valence-electron chi connectivity index (χ4n) is 11.9. The molecule has 0 saturated carbocycles. The van der Waals surface area contributed by atoms with E-state index in [1.54, 1.807) is 0 Å². The Balaban J connectivity index is 0.934. The summed E-state index contributed by atoms with van der Waals surface area (Å²) in [5.41, 5.74) is 2.14. The van der Waals surface area contributed by atoms with Crippen LogP contribution in [-0.2, 0) is 52.2 Å². The topological polar surface area (TPSA) is 150 Å². The van der Waals surface area contributed by atoms with Crippen molar-refractivity contribution in [2.75, 3.05) is 6.61 Å². The van der Waals surface area contributed by atoms with Crippen molar-refractivity contribution < 1.29 is 62.4 Å². The number of hydrogen-bond acceptors (Lipinski definition) is 13. The Morgan fingerprint density at radius 1 is 0.673 bits per heavy atom. The molecule has 55 heavy (non-hydrogen) atoms. The molecular formula is C42H60O13. The third-order valence-electron chi connectivity index (χ3n) is 14.8. The van der Waals surface area contributed by atoms with E-state index < -0.39 is 48.5 Å². The minimum atomic E-state index is -0.808. The Bertz CT molecular complexity index is 1490. The molecule has 0 aromatic heterocycles. The number of carbonyl (C=O) groups excluding carboxylic acids is 1. The number of ether oxygens (including phenoxy) is 10. The molecule has 11 heterocycles. The van der Waals surface area contributed by atoms with Gasteiger partial charge in [0.25, 0.3) is 0 Å². The number of fused-ring (bicyclic) bond motifs is 7. The Kier molecular flexibility index (Phi) is 10.1. The lowest BCUT2D eigenvalue weighted by Crippen LogP contribution is -2.62. The molecule has 0 aromatic rings. The largest absolute Gasteiger partial charge is 0.459 e. The van der Waals surface area contributed by atoms with E-state index in [0.717, 1.165) is 49.7 Å². The zero-order valence-electron chi connectivity index (χ0n) is 32.2. The predicted molar refractivity (Wildman–Crippen MR) is 193 cm³/mol. The molecule has 2 N–H and O–H groups in total. The molecular weight excluding hydrogens is 712 g/mol. The van der Waals surface area contributed by atoms with E-state index in [9.17, 15) is 15.0 Å². The number of aliphatic hydroxyl groups is 2. The van der Waals surface area contributed by atoms with Crippen LogP contribution in [0.15, 0.2) is 24.3 Å². The maximum atomic E-state index is 14.0. The van der Waals surface area contributed by atoms with Crippen molar-refractivity contribution in [1.29, 1.82) is 0 Å².